The third-order valence-electron chi connectivity index (χ3n) is 3.32. The number of imidazole rings is 1. The van der Waals surface area contributed by atoms with Gasteiger partial charge in [0.1, 0.15) is 17.1 Å². The maximum absolute atomic E-state index is 6.30. The van der Waals surface area contributed by atoms with Gasteiger partial charge < -0.3 is 14.0 Å². The number of para-hydroxylation sites is 1. The van der Waals surface area contributed by atoms with Crippen LogP contribution < -0.4 is 4.74 Å². The first-order valence-electron chi connectivity index (χ1n) is 7.46. The highest BCUT2D eigenvalue weighted by molar-refractivity contribution is 6.20. The zero-order valence-electron chi connectivity index (χ0n) is 13.1. The van der Waals surface area contributed by atoms with Gasteiger partial charge >= 0.3 is 0 Å². The van der Waals surface area contributed by atoms with Crippen LogP contribution in [0.4, 0.5) is 0 Å². The quantitative estimate of drug-likeness (QED) is 0.720. The van der Waals surface area contributed by atoms with Gasteiger partial charge in [-0.15, -0.1) is 11.6 Å². The zero-order valence-corrected chi connectivity index (χ0v) is 13.9. The van der Waals surface area contributed by atoms with Gasteiger partial charge in [0, 0.05) is 6.61 Å². The van der Waals surface area contributed by atoms with Crippen molar-refractivity contribution in [3.8, 4) is 5.75 Å². The Hall–Kier alpha value is -1.26. The maximum Gasteiger partial charge on any atom is 0.147 e. The highest BCUT2D eigenvalue weighted by Gasteiger charge is 2.19. The van der Waals surface area contributed by atoms with E-state index < -0.39 is 0 Å². The minimum absolute atomic E-state index is 0.109. The number of nitrogens with zero attached hydrogens (tertiary/aromatic N) is 2. The fraction of sp³-hybridized carbons (Fsp3) is 0.562. The second kappa shape index (κ2) is 7.14. The molecule has 5 heteroatoms. The van der Waals surface area contributed by atoms with Gasteiger partial charge in [-0.1, -0.05) is 6.07 Å². The number of halogens is 1. The van der Waals surface area contributed by atoms with Crippen LogP contribution in [-0.4, -0.2) is 28.9 Å². The molecule has 0 radical (unpaired) electrons. The van der Waals surface area contributed by atoms with E-state index in [4.69, 9.17) is 26.1 Å². The predicted molar refractivity (Wildman–Crippen MR) is 86.3 cm³/mol. The van der Waals surface area contributed by atoms with Crippen LogP contribution in [-0.2, 0) is 11.3 Å². The molecular formula is C16H23ClN2O2. The summed E-state index contributed by atoms with van der Waals surface area (Å²) >= 11 is 6.30. The van der Waals surface area contributed by atoms with E-state index in [0.29, 0.717) is 13.2 Å². The van der Waals surface area contributed by atoms with E-state index in [1.54, 1.807) is 0 Å². The predicted octanol–water partition coefficient (Wildman–Crippen LogP) is 4.16. The molecule has 0 fully saturated rings. The lowest BCUT2D eigenvalue weighted by molar-refractivity contribution is 0.0642. The van der Waals surface area contributed by atoms with Crippen LogP contribution in [0.15, 0.2) is 18.2 Å². The molecule has 2 atom stereocenters. The number of fused-ring (bicyclic) bond motifs is 1. The van der Waals surface area contributed by atoms with Crippen molar-refractivity contribution in [3.63, 3.8) is 0 Å². The fourth-order valence-electron chi connectivity index (χ4n) is 2.50. The van der Waals surface area contributed by atoms with Crippen molar-refractivity contribution in [3.05, 3.63) is 24.0 Å². The summed E-state index contributed by atoms with van der Waals surface area (Å²) in [5.74, 6) is 1.65. The molecule has 0 amide bonds. The lowest BCUT2D eigenvalue weighted by Crippen LogP contribution is -2.18. The smallest absolute Gasteiger partial charge is 0.147 e. The SMILES string of the molecule is CCOc1cccc2c1nc(C(C)Cl)n2CC(C)OCC. The van der Waals surface area contributed by atoms with E-state index in [-0.39, 0.29) is 11.5 Å². The van der Waals surface area contributed by atoms with Gasteiger partial charge in [-0.25, -0.2) is 4.98 Å². The van der Waals surface area contributed by atoms with Crippen LogP contribution >= 0.6 is 11.6 Å². The first-order valence-corrected chi connectivity index (χ1v) is 7.89. The molecule has 0 saturated heterocycles. The minimum atomic E-state index is -0.166. The summed E-state index contributed by atoms with van der Waals surface area (Å²) in [6, 6.07) is 5.98. The second-order valence-electron chi connectivity index (χ2n) is 5.02. The first-order chi connectivity index (χ1) is 10.1. The van der Waals surface area contributed by atoms with E-state index in [0.717, 1.165) is 29.2 Å². The third-order valence-corrected chi connectivity index (χ3v) is 3.51. The van der Waals surface area contributed by atoms with E-state index in [1.807, 2.05) is 39.0 Å². The Morgan fingerprint density at radius 1 is 1.24 bits per heavy atom. The first kappa shape index (κ1) is 16.1. The lowest BCUT2D eigenvalue weighted by atomic mass is 10.3. The summed E-state index contributed by atoms with van der Waals surface area (Å²) in [6.45, 7) is 10.0. The van der Waals surface area contributed by atoms with Crippen molar-refractivity contribution in [2.75, 3.05) is 13.2 Å². The molecule has 1 aromatic heterocycles. The molecule has 0 aliphatic heterocycles. The van der Waals surface area contributed by atoms with Gasteiger partial charge in [-0.2, -0.15) is 0 Å². The van der Waals surface area contributed by atoms with Crippen LogP contribution in [0.1, 0.15) is 38.9 Å². The van der Waals surface area contributed by atoms with Crippen LogP contribution in [0.3, 0.4) is 0 Å². The Bertz CT molecular complexity index is 595. The fourth-order valence-corrected chi connectivity index (χ4v) is 2.67. The highest BCUT2D eigenvalue weighted by Crippen LogP contribution is 2.30. The summed E-state index contributed by atoms with van der Waals surface area (Å²) in [4.78, 5) is 4.69. The molecular weight excluding hydrogens is 288 g/mol. The van der Waals surface area contributed by atoms with Crippen molar-refractivity contribution in [1.82, 2.24) is 9.55 Å². The van der Waals surface area contributed by atoms with Crippen LogP contribution in [0.2, 0.25) is 0 Å². The van der Waals surface area contributed by atoms with Gasteiger partial charge in [-0.05, 0) is 39.8 Å². The molecule has 2 unspecified atom stereocenters. The lowest BCUT2D eigenvalue weighted by Gasteiger charge is -2.16. The number of hydrogen-bond donors (Lipinski definition) is 0. The van der Waals surface area contributed by atoms with E-state index in [2.05, 4.69) is 11.5 Å². The number of hydrogen-bond acceptors (Lipinski definition) is 3. The average molecular weight is 311 g/mol. The Labute approximate surface area is 131 Å². The summed E-state index contributed by atoms with van der Waals surface area (Å²) in [6.07, 6.45) is 0.109. The molecule has 2 rings (SSSR count). The summed E-state index contributed by atoms with van der Waals surface area (Å²) in [5, 5.41) is -0.166. The number of rotatable bonds is 7. The standard InChI is InChI=1S/C16H23ClN2O2/c1-5-20-11(3)10-19-13-8-7-9-14(21-6-2)15(13)18-16(19)12(4)17/h7-9,11-12H,5-6,10H2,1-4H3. The van der Waals surface area contributed by atoms with Crippen molar-refractivity contribution in [2.45, 2.75) is 45.7 Å². The summed E-state index contributed by atoms with van der Waals surface area (Å²) < 4.78 is 13.5. The third kappa shape index (κ3) is 3.50. The summed E-state index contributed by atoms with van der Waals surface area (Å²) in [5.41, 5.74) is 1.90. The molecule has 0 aliphatic carbocycles. The Balaban J connectivity index is 2.50. The van der Waals surface area contributed by atoms with Crippen molar-refractivity contribution in [2.24, 2.45) is 0 Å². The number of benzene rings is 1. The van der Waals surface area contributed by atoms with Gasteiger partial charge in [-0.3, -0.25) is 0 Å². The number of ether oxygens (including phenoxy) is 2. The number of alkyl halides is 1. The topological polar surface area (TPSA) is 36.3 Å². The molecule has 0 saturated carbocycles. The molecule has 0 bridgehead atoms. The molecule has 0 N–H and O–H groups in total. The van der Waals surface area contributed by atoms with E-state index in [1.165, 1.54) is 0 Å². The van der Waals surface area contributed by atoms with Gasteiger partial charge in [0.05, 0.1) is 30.1 Å². The van der Waals surface area contributed by atoms with Gasteiger partial charge in [0.15, 0.2) is 0 Å². The van der Waals surface area contributed by atoms with Crippen molar-refractivity contribution >= 4 is 22.6 Å². The molecule has 116 valence electrons. The Morgan fingerprint density at radius 3 is 2.62 bits per heavy atom. The van der Waals surface area contributed by atoms with Gasteiger partial charge in [0.2, 0.25) is 0 Å². The Kier molecular flexibility index (Phi) is 5.48. The van der Waals surface area contributed by atoms with Crippen LogP contribution in [0, 0.1) is 0 Å². The molecule has 4 nitrogen and oxygen atoms in total. The summed E-state index contributed by atoms with van der Waals surface area (Å²) in [7, 11) is 0. The van der Waals surface area contributed by atoms with Gasteiger partial charge in [0.25, 0.3) is 0 Å². The van der Waals surface area contributed by atoms with Crippen molar-refractivity contribution < 1.29 is 9.47 Å². The van der Waals surface area contributed by atoms with Crippen molar-refractivity contribution in [1.29, 1.82) is 0 Å². The number of aromatic nitrogens is 2. The zero-order chi connectivity index (χ0) is 15.4. The normalized spacial score (nSPS) is 14.3. The van der Waals surface area contributed by atoms with E-state index in [9.17, 15) is 0 Å². The largest absolute Gasteiger partial charge is 0.492 e. The highest BCUT2D eigenvalue weighted by atomic mass is 35.5. The molecule has 0 aliphatic rings. The Morgan fingerprint density at radius 2 is 2.00 bits per heavy atom. The van der Waals surface area contributed by atoms with E-state index >= 15 is 0 Å². The molecule has 21 heavy (non-hydrogen) atoms. The maximum atomic E-state index is 6.30. The second-order valence-corrected chi connectivity index (χ2v) is 5.67. The average Bonchev–Trinajstić information content (AvgIpc) is 2.80. The van der Waals surface area contributed by atoms with Crippen LogP contribution in [0.25, 0.3) is 11.0 Å². The minimum Gasteiger partial charge on any atom is -0.492 e. The molecule has 2 aromatic rings. The van der Waals surface area contributed by atoms with Crippen LogP contribution in [0.5, 0.6) is 5.75 Å². The molecule has 1 heterocycles. The molecule has 1 aromatic carbocycles. The monoisotopic (exact) mass is 310 g/mol. The molecule has 0 spiro atoms.